The van der Waals surface area contributed by atoms with Gasteiger partial charge in [0.25, 0.3) is 0 Å². The van der Waals surface area contributed by atoms with Crippen LogP contribution in [-0.4, -0.2) is 17.7 Å². The van der Waals surface area contributed by atoms with E-state index in [-0.39, 0.29) is 6.04 Å². The molecule has 0 saturated carbocycles. The minimum absolute atomic E-state index is 0.0603. The second-order valence-electron chi connectivity index (χ2n) is 3.22. The van der Waals surface area contributed by atoms with Gasteiger partial charge in [0.15, 0.2) is 0 Å². The summed E-state index contributed by atoms with van der Waals surface area (Å²) in [7, 11) is 0. The van der Waals surface area contributed by atoms with Crippen molar-refractivity contribution in [2.24, 2.45) is 0 Å². The number of aliphatic hydroxyl groups excluding tert-OH is 1. The van der Waals surface area contributed by atoms with Crippen LogP contribution in [0.4, 0.5) is 0 Å². The van der Waals surface area contributed by atoms with Crippen molar-refractivity contribution in [2.45, 2.75) is 12.1 Å². The van der Waals surface area contributed by atoms with Crippen molar-refractivity contribution in [1.29, 1.82) is 0 Å². The first kappa shape index (κ1) is 9.89. The van der Waals surface area contributed by atoms with Crippen LogP contribution in [0, 0.1) is 0 Å². The Hall–Kier alpha value is -0.650. The summed E-state index contributed by atoms with van der Waals surface area (Å²) in [5, 5.41) is 10.6. The molecule has 1 aliphatic heterocycles. The topological polar surface area (TPSA) is 56.3 Å². The molecular formula is C9H12ClN3O. The van der Waals surface area contributed by atoms with Crippen molar-refractivity contribution in [3.05, 3.63) is 34.9 Å². The fraction of sp³-hybridized carbons (Fsp3) is 0.333. The monoisotopic (exact) mass is 213 g/mol. The lowest BCUT2D eigenvalue weighted by molar-refractivity contribution is 0.139. The van der Waals surface area contributed by atoms with E-state index in [2.05, 4.69) is 16.4 Å². The SMILES string of the molecule is OC(c1ccccc1Cl)C1CNNN1. The average Bonchev–Trinajstić information content (AvgIpc) is 2.70. The molecule has 5 heteroatoms. The van der Waals surface area contributed by atoms with Crippen LogP contribution in [0.2, 0.25) is 5.02 Å². The zero-order chi connectivity index (χ0) is 9.97. The molecular weight excluding hydrogens is 202 g/mol. The zero-order valence-electron chi connectivity index (χ0n) is 7.50. The van der Waals surface area contributed by atoms with E-state index in [1.165, 1.54) is 0 Å². The molecule has 4 N–H and O–H groups in total. The van der Waals surface area contributed by atoms with Crippen LogP contribution >= 0.6 is 11.6 Å². The normalized spacial score (nSPS) is 23.7. The fourth-order valence-corrected chi connectivity index (χ4v) is 1.73. The average molecular weight is 214 g/mol. The number of hydrogen-bond acceptors (Lipinski definition) is 4. The fourth-order valence-electron chi connectivity index (χ4n) is 1.48. The number of hydrogen-bond donors (Lipinski definition) is 4. The van der Waals surface area contributed by atoms with Gasteiger partial charge in [0, 0.05) is 17.1 Å². The van der Waals surface area contributed by atoms with Crippen molar-refractivity contribution in [3.8, 4) is 0 Å². The summed E-state index contributed by atoms with van der Waals surface area (Å²) in [6.07, 6.45) is -0.605. The number of hydrazine groups is 2. The van der Waals surface area contributed by atoms with Gasteiger partial charge in [0.1, 0.15) is 0 Å². The maximum atomic E-state index is 9.97. The van der Waals surface area contributed by atoms with Crippen molar-refractivity contribution < 1.29 is 5.11 Å². The molecule has 0 aliphatic carbocycles. The van der Waals surface area contributed by atoms with Gasteiger partial charge < -0.3 is 5.11 Å². The quantitative estimate of drug-likeness (QED) is 0.573. The predicted octanol–water partition coefficient (Wildman–Crippen LogP) is 0.354. The van der Waals surface area contributed by atoms with Gasteiger partial charge in [-0.15, -0.1) is 0 Å². The highest BCUT2D eigenvalue weighted by atomic mass is 35.5. The van der Waals surface area contributed by atoms with E-state index in [0.29, 0.717) is 11.6 Å². The van der Waals surface area contributed by atoms with Crippen LogP contribution in [0.1, 0.15) is 11.7 Å². The van der Waals surface area contributed by atoms with E-state index < -0.39 is 6.10 Å². The number of rotatable bonds is 2. The van der Waals surface area contributed by atoms with Gasteiger partial charge in [-0.2, -0.15) is 5.53 Å². The molecule has 0 spiro atoms. The van der Waals surface area contributed by atoms with Gasteiger partial charge in [0.2, 0.25) is 0 Å². The highest BCUT2D eigenvalue weighted by Crippen LogP contribution is 2.24. The predicted molar refractivity (Wildman–Crippen MR) is 54.5 cm³/mol. The third-order valence-electron chi connectivity index (χ3n) is 2.27. The minimum Gasteiger partial charge on any atom is -0.387 e. The van der Waals surface area contributed by atoms with Crippen LogP contribution < -0.4 is 16.4 Å². The van der Waals surface area contributed by atoms with Crippen molar-refractivity contribution in [2.75, 3.05) is 6.54 Å². The third kappa shape index (κ3) is 1.89. The second kappa shape index (κ2) is 4.25. The summed E-state index contributed by atoms with van der Waals surface area (Å²) in [5.74, 6) is 0. The number of nitrogens with one attached hydrogen (secondary N) is 3. The summed E-state index contributed by atoms with van der Waals surface area (Å²) in [6.45, 7) is 0.659. The van der Waals surface area contributed by atoms with E-state index in [9.17, 15) is 5.11 Å². The Labute approximate surface area is 87.2 Å². The molecule has 0 amide bonds. The van der Waals surface area contributed by atoms with Crippen LogP contribution in [0.15, 0.2) is 24.3 Å². The smallest absolute Gasteiger partial charge is 0.0984 e. The van der Waals surface area contributed by atoms with Crippen LogP contribution in [0.3, 0.4) is 0 Å². The third-order valence-corrected chi connectivity index (χ3v) is 2.62. The Bertz CT molecular complexity index is 315. The maximum Gasteiger partial charge on any atom is 0.0984 e. The summed E-state index contributed by atoms with van der Waals surface area (Å²) in [6, 6.07) is 7.25. The Balaban J connectivity index is 2.17. The lowest BCUT2D eigenvalue weighted by Gasteiger charge is -2.17. The Morgan fingerprint density at radius 1 is 1.43 bits per heavy atom. The Morgan fingerprint density at radius 3 is 2.86 bits per heavy atom. The van der Waals surface area contributed by atoms with Gasteiger partial charge in [-0.3, -0.25) is 0 Å². The van der Waals surface area contributed by atoms with Gasteiger partial charge in [-0.05, 0) is 6.07 Å². The van der Waals surface area contributed by atoms with Crippen molar-refractivity contribution >= 4 is 11.6 Å². The molecule has 1 aromatic carbocycles. The van der Waals surface area contributed by atoms with Gasteiger partial charge in [0.05, 0.1) is 12.1 Å². The summed E-state index contributed by atoms with van der Waals surface area (Å²) in [4.78, 5) is 0. The lowest BCUT2D eigenvalue weighted by atomic mass is 10.0. The zero-order valence-corrected chi connectivity index (χ0v) is 8.25. The molecule has 1 heterocycles. The summed E-state index contributed by atoms with van der Waals surface area (Å²) < 4.78 is 0. The molecule has 2 rings (SSSR count). The molecule has 0 bridgehead atoms. The molecule has 1 fully saturated rings. The van der Waals surface area contributed by atoms with Gasteiger partial charge >= 0.3 is 0 Å². The van der Waals surface area contributed by atoms with E-state index in [1.54, 1.807) is 6.07 Å². The van der Waals surface area contributed by atoms with Crippen molar-refractivity contribution in [1.82, 2.24) is 16.4 Å². The number of aliphatic hydroxyl groups is 1. The van der Waals surface area contributed by atoms with Crippen LogP contribution in [0.5, 0.6) is 0 Å². The van der Waals surface area contributed by atoms with Crippen molar-refractivity contribution in [3.63, 3.8) is 0 Å². The van der Waals surface area contributed by atoms with Crippen LogP contribution in [0.25, 0.3) is 0 Å². The standard InChI is InChI=1S/C9H12ClN3O/c10-7-4-2-1-3-6(7)9(14)8-5-11-13-12-8/h1-4,8-9,11-14H,5H2. The Kier molecular flexibility index (Phi) is 3.00. The maximum absolute atomic E-state index is 9.97. The van der Waals surface area contributed by atoms with Gasteiger partial charge in [-0.1, -0.05) is 29.8 Å². The van der Waals surface area contributed by atoms with E-state index in [1.807, 2.05) is 18.2 Å². The Morgan fingerprint density at radius 2 is 2.21 bits per heavy atom. The molecule has 4 nitrogen and oxygen atoms in total. The molecule has 0 aromatic heterocycles. The van der Waals surface area contributed by atoms with E-state index in [0.717, 1.165) is 5.56 Å². The molecule has 2 atom stereocenters. The molecule has 14 heavy (non-hydrogen) atoms. The molecule has 0 radical (unpaired) electrons. The largest absolute Gasteiger partial charge is 0.387 e. The molecule has 1 aliphatic rings. The minimum atomic E-state index is -0.605. The van der Waals surface area contributed by atoms with E-state index >= 15 is 0 Å². The first-order valence-corrected chi connectivity index (χ1v) is 4.82. The first-order valence-electron chi connectivity index (χ1n) is 4.45. The summed E-state index contributed by atoms with van der Waals surface area (Å²) >= 11 is 5.97. The molecule has 1 aromatic rings. The lowest BCUT2D eigenvalue weighted by Crippen LogP contribution is -2.36. The highest BCUT2D eigenvalue weighted by Gasteiger charge is 2.25. The number of halogens is 1. The van der Waals surface area contributed by atoms with Gasteiger partial charge in [-0.25, -0.2) is 10.9 Å². The molecule has 2 unspecified atom stereocenters. The van der Waals surface area contributed by atoms with Crippen LogP contribution in [-0.2, 0) is 0 Å². The highest BCUT2D eigenvalue weighted by molar-refractivity contribution is 6.31. The molecule has 76 valence electrons. The summed E-state index contributed by atoms with van der Waals surface area (Å²) in [5.41, 5.74) is 9.28. The second-order valence-corrected chi connectivity index (χ2v) is 3.63. The van der Waals surface area contributed by atoms with E-state index in [4.69, 9.17) is 11.6 Å². The first-order chi connectivity index (χ1) is 6.79. The molecule has 1 saturated heterocycles. The number of benzene rings is 1.